The zero-order valence-electron chi connectivity index (χ0n) is 7.81. The van der Waals surface area contributed by atoms with Crippen LogP contribution >= 0.6 is 27.5 Å². The van der Waals surface area contributed by atoms with Crippen molar-refractivity contribution in [1.29, 1.82) is 0 Å². The lowest BCUT2D eigenvalue weighted by Crippen LogP contribution is -2.00. The van der Waals surface area contributed by atoms with E-state index in [1.54, 1.807) is 18.2 Å². The Morgan fingerprint density at radius 3 is 2.71 bits per heavy atom. The number of ketones is 1. The fourth-order valence-electron chi connectivity index (χ4n) is 1.08. The third-order valence-electron chi connectivity index (χ3n) is 1.69. The maximum atomic E-state index is 11.7. The van der Waals surface area contributed by atoms with E-state index in [2.05, 4.69) is 22.5 Å². The van der Waals surface area contributed by atoms with Gasteiger partial charge in [0.1, 0.15) is 0 Å². The molecule has 0 atom stereocenters. The first-order valence-electron chi connectivity index (χ1n) is 4.13. The molecule has 0 aliphatic heterocycles. The van der Waals surface area contributed by atoms with E-state index in [1.165, 1.54) is 0 Å². The maximum Gasteiger partial charge on any atom is 0.168 e. The molecule has 1 nitrogen and oxygen atoms in total. The van der Waals surface area contributed by atoms with Crippen molar-refractivity contribution < 1.29 is 4.79 Å². The summed E-state index contributed by atoms with van der Waals surface area (Å²) in [6, 6.07) is 5.14. The molecule has 3 heteroatoms. The van der Waals surface area contributed by atoms with E-state index in [0.717, 1.165) is 10.0 Å². The molecule has 0 unspecified atom stereocenters. The smallest absolute Gasteiger partial charge is 0.168 e. The molecule has 0 saturated heterocycles. The standard InChI is InChI=1S/C11H10BrClO/c1-7(2)5-11(14)9-4-3-8(13)6-10(9)12/h3-4,6H,1,5H2,2H3. The van der Waals surface area contributed by atoms with Crippen LogP contribution in [-0.2, 0) is 0 Å². The zero-order valence-corrected chi connectivity index (χ0v) is 10.2. The van der Waals surface area contributed by atoms with Gasteiger partial charge in [0.05, 0.1) is 0 Å². The molecule has 0 radical (unpaired) electrons. The molecule has 0 aromatic heterocycles. The molecule has 14 heavy (non-hydrogen) atoms. The highest BCUT2D eigenvalue weighted by atomic mass is 79.9. The summed E-state index contributed by atoms with van der Waals surface area (Å²) in [6.45, 7) is 5.54. The fourth-order valence-corrected chi connectivity index (χ4v) is 1.99. The van der Waals surface area contributed by atoms with Gasteiger partial charge in [-0.05, 0) is 41.1 Å². The minimum atomic E-state index is 0.0565. The van der Waals surface area contributed by atoms with Gasteiger partial charge in [-0.25, -0.2) is 0 Å². The molecular weight excluding hydrogens is 263 g/mol. The molecule has 0 N–H and O–H groups in total. The normalized spacial score (nSPS) is 9.93. The van der Waals surface area contributed by atoms with Gasteiger partial charge in [-0.2, -0.15) is 0 Å². The second-order valence-corrected chi connectivity index (χ2v) is 4.47. The minimum Gasteiger partial charge on any atom is -0.294 e. The highest BCUT2D eigenvalue weighted by molar-refractivity contribution is 9.10. The molecule has 0 amide bonds. The number of Topliss-reactive ketones (excluding diaryl/α,β-unsaturated/α-hetero) is 1. The van der Waals surface area contributed by atoms with Crippen LogP contribution in [0.2, 0.25) is 5.02 Å². The van der Waals surface area contributed by atoms with Gasteiger partial charge in [-0.15, -0.1) is 0 Å². The van der Waals surface area contributed by atoms with Crippen molar-refractivity contribution in [2.75, 3.05) is 0 Å². The number of hydrogen-bond donors (Lipinski definition) is 0. The topological polar surface area (TPSA) is 17.1 Å². The van der Waals surface area contributed by atoms with Gasteiger partial charge < -0.3 is 0 Å². The molecular formula is C11H10BrClO. The van der Waals surface area contributed by atoms with E-state index in [-0.39, 0.29) is 5.78 Å². The van der Waals surface area contributed by atoms with Gasteiger partial charge in [0.15, 0.2) is 5.78 Å². The molecule has 1 aromatic carbocycles. The number of carbonyl (C=O) groups excluding carboxylic acids is 1. The molecule has 0 saturated carbocycles. The van der Waals surface area contributed by atoms with Gasteiger partial charge in [0.2, 0.25) is 0 Å². The van der Waals surface area contributed by atoms with Crippen molar-refractivity contribution in [3.05, 3.63) is 45.4 Å². The monoisotopic (exact) mass is 272 g/mol. The van der Waals surface area contributed by atoms with Crippen LogP contribution in [0, 0.1) is 0 Å². The van der Waals surface area contributed by atoms with E-state index < -0.39 is 0 Å². The molecule has 1 aromatic rings. The van der Waals surface area contributed by atoms with Gasteiger partial charge >= 0.3 is 0 Å². The van der Waals surface area contributed by atoms with E-state index in [1.807, 2.05) is 6.92 Å². The van der Waals surface area contributed by atoms with Gasteiger partial charge in [-0.3, -0.25) is 4.79 Å². The summed E-state index contributed by atoms with van der Waals surface area (Å²) in [7, 11) is 0. The second-order valence-electron chi connectivity index (χ2n) is 3.18. The summed E-state index contributed by atoms with van der Waals surface area (Å²) in [5.74, 6) is 0.0565. The Balaban J connectivity index is 2.96. The Morgan fingerprint density at radius 2 is 2.21 bits per heavy atom. The number of halogens is 2. The van der Waals surface area contributed by atoms with Gasteiger partial charge in [-0.1, -0.05) is 23.8 Å². The highest BCUT2D eigenvalue weighted by Crippen LogP contribution is 2.23. The molecule has 74 valence electrons. The van der Waals surface area contributed by atoms with Gasteiger partial charge in [0.25, 0.3) is 0 Å². The molecule has 0 spiro atoms. The van der Waals surface area contributed by atoms with Gasteiger partial charge in [0, 0.05) is 21.5 Å². The Hall–Kier alpha value is -0.600. The lowest BCUT2D eigenvalue weighted by atomic mass is 10.1. The summed E-state index contributed by atoms with van der Waals surface area (Å²) in [6.07, 6.45) is 0.375. The Labute approximate surface area is 96.9 Å². The van der Waals surface area contributed by atoms with E-state index in [9.17, 15) is 4.79 Å². The minimum absolute atomic E-state index is 0.0565. The first kappa shape index (κ1) is 11.5. The molecule has 0 fully saturated rings. The predicted molar refractivity (Wildman–Crippen MR) is 62.9 cm³/mol. The Kier molecular flexibility index (Phi) is 3.90. The predicted octanol–water partition coefficient (Wildman–Crippen LogP) is 4.25. The Morgan fingerprint density at radius 1 is 1.57 bits per heavy atom. The largest absolute Gasteiger partial charge is 0.294 e. The van der Waals surface area contributed by atoms with Crippen LogP contribution in [0.4, 0.5) is 0 Å². The van der Waals surface area contributed by atoms with Crippen LogP contribution in [0.1, 0.15) is 23.7 Å². The lowest BCUT2D eigenvalue weighted by Gasteiger charge is -2.03. The summed E-state index contributed by atoms with van der Waals surface area (Å²) in [5, 5.41) is 0.615. The molecule has 0 heterocycles. The zero-order chi connectivity index (χ0) is 10.7. The summed E-state index contributed by atoms with van der Waals surface area (Å²) < 4.78 is 0.733. The summed E-state index contributed by atoms with van der Waals surface area (Å²) in [5.41, 5.74) is 1.51. The van der Waals surface area contributed by atoms with Crippen LogP contribution < -0.4 is 0 Å². The number of allylic oxidation sites excluding steroid dienone is 1. The van der Waals surface area contributed by atoms with Crippen molar-refractivity contribution >= 4 is 33.3 Å². The second kappa shape index (κ2) is 4.76. The Bertz CT molecular complexity index is 385. The van der Waals surface area contributed by atoms with Crippen molar-refractivity contribution in [1.82, 2.24) is 0 Å². The van der Waals surface area contributed by atoms with Crippen molar-refractivity contribution in [2.24, 2.45) is 0 Å². The number of hydrogen-bond acceptors (Lipinski definition) is 1. The van der Waals surface area contributed by atoms with Crippen molar-refractivity contribution in [2.45, 2.75) is 13.3 Å². The van der Waals surface area contributed by atoms with E-state index in [0.29, 0.717) is 17.0 Å². The molecule has 0 aliphatic carbocycles. The highest BCUT2D eigenvalue weighted by Gasteiger charge is 2.09. The quantitative estimate of drug-likeness (QED) is 0.594. The average Bonchev–Trinajstić information content (AvgIpc) is 2.01. The van der Waals surface area contributed by atoms with Crippen LogP contribution in [0.3, 0.4) is 0 Å². The first-order chi connectivity index (χ1) is 6.50. The summed E-state index contributed by atoms with van der Waals surface area (Å²) >= 11 is 9.07. The van der Waals surface area contributed by atoms with Crippen LogP contribution in [0.5, 0.6) is 0 Å². The number of carbonyl (C=O) groups is 1. The van der Waals surface area contributed by atoms with Crippen molar-refractivity contribution in [3.8, 4) is 0 Å². The molecule has 1 rings (SSSR count). The van der Waals surface area contributed by atoms with E-state index in [4.69, 9.17) is 11.6 Å². The van der Waals surface area contributed by atoms with Crippen LogP contribution in [-0.4, -0.2) is 5.78 Å². The first-order valence-corrected chi connectivity index (χ1v) is 5.30. The van der Waals surface area contributed by atoms with E-state index >= 15 is 0 Å². The SMILES string of the molecule is C=C(C)CC(=O)c1ccc(Cl)cc1Br. The fraction of sp³-hybridized carbons (Fsp3) is 0.182. The summed E-state index contributed by atoms with van der Waals surface area (Å²) in [4.78, 5) is 11.7. The van der Waals surface area contributed by atoms with Crippen LogP contribution in [0.15, 0.2) is 34.8 Å². The number of rotatable bonds is 3. The average molecular weight is 274 g/mol. The maximum absolute atomic E-state index is 11.7. The molecule has 0 aliphatic rings. The molecule has 0 bridgehead atoms. The van der Waals surface area contributed by atoms with Crippen LogP contribution in [0.25, 0.3) is 0 Å². The lowest BCUT2D eigenvalue weighted by molar-refractivity contribution is 0.0992. The van der Waals surface area contributed by atoms with Crippen molar-refractivity contribution in [3.63, 3.8) is 0 Å². The third kappa shape index (κ3) is 2.96. The number of benzene rings is 1. The third-order valence-corrected chi connectivity index (χ3v) is 2.59.